The third-order valence-electron chi connectivity index (χ3n) is 5.05. The maximum Gasteiger partial charge on any atom is 0.224 e. The summed E-state index contributed by atoms with van der Waals surface area (Å²) in [4.78, 5) is 29.7. The Bertz CT molecular complexity index is 748. The summed E-state index contributed by atoms with van der Waals surface area (Å²) < 4.78 is 2.06. The van der Waals surface area contributed by atoms with Crippen LogP contribution in [0, 0.1) is 20.8 Å². The number of aryl methyl sites for hydroxylation is 2. The summed E-state index contributed by atoms with van der Waals surface area (Å²) in [5.74, 6) is 2.14. The maximum atomic E-state index is 12.6. The van der Waals surface area contributed by atoms with Crippen LogP contribution in [0.4, 0.5) is 5.82 Å². The fourth-order valence-corrected chi connectivity index (χ4v) is 3.35. The summed E-state index contributed by atoms with van der Waals surface area (Å²) in [5.41, 5.74) is 2.12. The molecule has 2 aromatic heterocycles. The van der Waals surface area contributed by atoms with Gasteiger partial charge in [-0.15, -0.1) is 0 Å². The van der Waals surface area contributed by atoms with Gasteiger partial charge in [0.1, 0.15) is 18.0 Å². The Morgan fingerprint density at radius 1 is 1.12 bits per heavy atom. The number of piperazine rings is 1. The first kappa shape index (κ1) is 17.4. The monoisotopic (exact) mass is 342 g/mol. The molecule has 0 radical (unpaired) electrons. The van der Waals surface area contributed by atoms with Crippen LogP contribution in [-0.2, 0) is 4.79 Å². The van der Waals surface area contributed by atoms with Crippen LogP contribution in [0.5, 0.6) is 0 Å². The summed E-state index contributed by atoms with van der Waals surface area (Å²) in [6, 6.07) is 0.125. The van der Waals surface area contributed by atoms with Gasteiger partial charge in [-0.3, -0.25) is 4.79 Å². The Labute approximate surface area is 148 Å². The zero-order chi connectivity index (χ0) is 18.0. The van der Waals surface area contributed by atoms with Gasteiger partial charge in [0.15, 0.2) is 0 Å². The Balaban J connectivity index is 1.57. The molecule has 0 bridgehead atoms. The van der Waals surface area contributed by atoms with E-state index in [4.69, 9.17) is 0 Å². The lowest BCUT2D eigenvalue weighted by Gasteiger charge is -2.36. The SMILES string of the molecule is Cc1ncnc(N2CCN(C(=O)C[C@H](C)n3ccnc3C)CC2)c1C. The topological polar surface area (TPSA) is 67.2 Å². The van der Waals surface area contributed by atoms with E-state index < -0.39 is 0 Å². The van der Waals surface area contributed by atoms with Crippen molar-refractivity contribution in [1.82, 2.24) is 24.4 Å². The van der Waals surface area contributed by atoms with Crippen molar-refractivity contribution in [2.24, 2.45) is 0 Å². The molecule has 0 aromatic carbocycles. The van der Waals surface area contributed by atoms with Gasteiger partial charge in [-0.25, -0.2) is 15.0 Å². The van der Waals surface area contributed by atoms with Crippen molar-refractivity contribution in [3.05, 3.63) is 35.8 Å². The summed E-state index contributed by atoms with van der Waals surface area (Å²) in [7, 11) is 0. The first-order valence-electron chi connectivity index (χ1n) is 8.77. The lowest BCUT2D eigenvalue weighted by atomic mass is 10.1. The molecule has 1 fully saturated rings. The van der Waals surface area contributed by atoms with Crippen LogP contribution in [0.1, 0.15) is 36.5 Å². The number of amides is 1. The highest BCUT2D eigenvalue weighted by molar-refractivity contribution is 5.77. The van der Waals surface area contributed by atoms with Gasteiger partial charge in [-0.1, -0.05) is 0 Å². The minimum absolute atomic E-state index is 0.125. The number of hydrogen-bond acceptors (Lipinski definition) is 5. The second-order valence-electron chi connectivity index (χ2n) is 6.71. The molecule has 0 N–H and O–H groups in total. The van der Waals surface area contributed by atoms with E-state index in [0.29, 0.717) is 6.42 Å². The van der Waals surface area contributed by atoms with Crippen LogP contribution in [0.3, 0.4) is 0 Å². The number of nitrogens with zero attached hydrogens (tertiary/aromatic N) is 6. The molecule has 1 aliphatic rings. The predicted molar refractivity (Wildman–Crippen MR) is 96.6 cm³/mol. The van der Waals surface area contributed by atoms with Crippen LogP contribution in [-0.4, -0.2) is 56.5 Å². The van der Waals surface area contributed by atoms with Crippen LogP contribution >= 0.6 is 0 Å². The standard InChI is InChI=1S/C18H26N6O/c1-13(24-6-5-19-16(24)4)11-17(25)22-7-9-23(10-8-22)18-14(2)15(3)20-12-21-18/h5-6,12-13H,7-11H2,1-4H3/t13-/m0/s1. The van der Waals surface area contributed by atoms with E-state index in [1.54, 1.807) is 12.5 Å². The quantitative estimate of drug-likeness (QED) is 0.849. The maximum absolute atomic E-state index is 12.6. The molecule has 0 aliphatic carbocycles. The number of anilines is 1. The van der Waals surface area contributed by atoms with E-state index in [9.17, 15) is 4.79 Å². The zero-order valence-corrected chi connectivity index (χ0v) is 15.4. The first-order chi connectivity index (χ1) is 12.0. The van der Waals surface area contributed by atoms with Crippen molar-refractivity contribution in [2.45, 2.75) is 40.2 Å². The molecule has 0 saturated carbocycles. The van der Waals surface area contributed by atoms with Crippen LogP contribution in [0.2, 0.25) is 0 Å². The molecule has 7 heteroatoms. The Morgan fingerprint density at radius 2 is 1.84 bits per heavy atom. The van der Waals surface area contributed by atoms with Crippen LogP contribution in [0.15, 0.2) is 18.7 Å². The van der Waals surface area contributed by atoms with Gasteiger partial charge >= 0.3 is 0 Å². The van der Waals surface area contributed by atoms with Crippen LogP contribution in [0.25, 0.3) is 0 Å². The van der Waals surface area contributed by atoms with Gasteiger partial charge in [0.05, 0.1) is 0 Å². The molecule has 7 nitrogen and oxygen atoms in total. The molecule has 1 aliphatic heterocycles. The van der Waals surface area contributed by atoms with Gasteiger partial charge in [-0.2, -0.15) is 0 Å². The third kappa shape index (κ3) is 3.65. The number of imidazole rings is 1. The molecule has 2 aromatic rings. The fraction of sp³-hybridized carbons (Fsp3) is 0.556. The molecule has 0 spiro atoms. The van der Waals surface area contributed by atoms with E-state index in [1.165, 1.54) is 0 Å². The highest BCUT2D eigenvalue weighted by Crippen LogP contribution is 2.21. The molecule has 3 rings (SSSR count). The molecular formula is C18H26N6O. The smallest absolute Gasteiger partial charge is 0.224 e. The molecule has 134 valence electrons. The van der Waals surface area contributed by atoms with Gasteiger partial charge in [0.2, 0.25) is 5.91 Å². The average Bonchev–Trinajstić information content (AvgIpc) is 3.03. The Hall–Kier alpha value is -2.44. The summed E-state index contributed by atoms with van der Waals surface area (Å²) >= 11 is 0. The normalized spacial score (nSPS) is 16.2. The number of hydrogen-bond donors (Lipinski definition) is 0. The minimum atomic E-state index is 0.125. The largest absolute Gasteiger partial charge is 0.353 e. The molecule has 1 saturated heterocycles. The molecular weight excluding hydrogens is 316 g/mol. The van der Waals surface area contributed by atoms with Gasteiger partial charge in [0, 0.05) is 62.3 Å². The lowest BCUT2D eigenvalue weighted by Crippen LogP contribution is -2.49. The summed E-state index contributed by atoms with van der Waals surface area (Å²) in [5, 5.41) is 0. The molecule has 1 amide bonds. The third-order valence-corrected chi connectivity index (χ3v) is 5.05. The molecule has 25 heavy (non-hydrogen) atoms. The number of aromatic nitrogens is 4. The molecule has 3 heterocycles. The highest BCUT2D eigenvalue weighted by atomic mass is 16.2. The van der Waals surface area contributed by atoms with Crippen LogP contribution < -0.4 is 4.90 Å². The molecule has 1 atom stereocenters. The number of carbonyl (C=O) groups is 1. The number of carbonyl (C=O) groups excluding carboxylic acids is 1. The molecule has 0 unspecified atom stereocenters. The number of rotatable bonds is 4. The minimum Gasteiger partial charge on any atom is -0.353 e. The van der Waals surface area contributed by atoms with Crippen molar-refractivity contribution < 1.29 is 4.79 Å². The highest BCUT2D eigenvalue weighted by Gasteiger charge is 2.24. The van der Waals surface area contributed by atoms with E-state index in [2.05, 4.69) is 38.3 Å². The van der Waals surface area contributed by atoms with Crippen molar-refractivity contribution in [2.75, 3.05) is 31.1 Å². The van der Waals surface area contributed by atoms with Crippen molar-refractivity contribution >= 4 is 11.7 Å². The van der Waals surface area contributed by atoms with Crippen molar-refractivity contribution in [3.8, 4) is 0 Å². The Kier molecular flexibility index (Phi) is 5.01. The fourth-order valence-electron chi connectivity index (χ4n) is 3.35. The summed E-state index contributed by atoms with van der Waals surface area (Å²) in [6.07, 6.45) is 5.83. The van der Waals surface area contributed by atoms with Gasteiger partial charge in [0.25, 0.3) is 0 Å². The summed E-state index contributed by atoms with van der Waals surface area (Å²) in [6.45, 7) is 11.2. The van der Waals surface area contributed by atoms with E-state index >= 15 is 0 Å². The second kappa shape index (κ2) is 7.21. The average molecular weight is 342 g/mol. The van der Waals surface area contributed by atoms with E-state index in [-0.39, 0.29) is 11.9 Å². The Morgan fingerprint density at radius 3 is 2.48 bits per heavy atom. The predicted octanol–water partition coefficient (Wildman–Crippen LogP) is 1.90. The lowest BCUT2D eigenvalue weighted by molar-refractivity contribution is -0.132. The van der Waals surface area contributed by atoms with Crippen molar-refractivity contribution in [3.63, 3.8) is 0 Å². The van der Waals surface area contributed by atoms with Crippen molar-refractivity contribution in [1.29, 1.82) is 0 Å². The van der Waals surface area contributed by atoms with E-state index in [0.717, 1.165) is 49.1 Å². The second-order valence-corrected chi connectivity index (χ2v) is 6.71. The first-order valence-corrected chi connectivity index (χ1v) is 8.77. The van der Waals surface area contributed by atoms with Gasteiger partial charge in [-0.05, 0) is 27.7 Å². The van der Waals surface area contributed by atoms with Gasteiger partial charge < -0.3 is 14.4 Å². The van der Waals surface area contributed by atoms with E-state index in [1.807, 2.05) is 24.9 Å². The zero-order valence-electron chi connectivity index (χ0n) is 15.4.